The number of hydrogen-bond acceptors (Lipinski definition) is 5. The summed E-state index contributed by atoms with van der Waals surface area (Å²) in [7, 11) is 0. The standard InChI is InChI=1S/C19H15N3OS2/c1-10-4-6-11(7-5-10)12-9-13(14-3-2-8-24-14)22-19-15(12)16(20)17(25-19)18(21)23/h2-9H,20H2,1H3,(H2,21,23). The molecule has 3 aromatic heterocycles. The molecule has 0 aliphatic carbocycles. The van der Waals surface area contributed by atoms with Crippen molar-refractivity contribution in [3.05, 3.63) is 58.3 Å². The zero-order chi connectivity index (χ0) is 17.6. The van der Waals surface area contributed by atoms with E-state index in [2.05, 4.69) is 24.3 Å². The molecule has 4 rings (SSSR count). The van der Waals surface area contributed by atoms with Gasteiger partial charge in [-0.15, -0.1) is 22.7 Å². The van der Waals surface area contributed by atoms with Gasteiger partial charge in [0.15, 0.2) is 0 Å². The number of pyridine rings is 1. The van der Waals surface area contributed by atoms with Gasteiger partial charge in [0.25, 0.3) is 5.91 Å². The molecule has 25 heavy (non-hydrogen) atoms. The van der Waals surface area contributed by atoms with Gasteiger partial charge in [0, 0.05) is 5.39 Å². The van der Waals surface area contributed by atoms with Crippen LogP contribution in [-0.4, -0.2) is 10.9 Å². The van der Waals surface area contributed by atoms with Crippen LogP contribution in [0, 0.1) is 6.92 Å². The molecule has 4 nitrogen and oxygen atoms in total. The van der Waals surface area contributed by atoms with E-state index in [4.69, 9.17) is 16.5 Å². The Hall–Kier alpha value is -2.70. The van der Waals surface area contributed by atoms with E-state index >= 15 is 0 Å². The molecule has 0 radical (unpaired) electrons. The van der Waals surface area contributed by atoms with E-state index in [1.807, 2.05) is 30.5 Å². The molecule has 0 bridgehead atoms. The number of nitrogens with two attached hydrogens (primary N) is 2. The van der Waals surface area contributed by atoms with Crippen LogP contribution in [0.3, 0.4) is 0 Å². The van der Waals surface area contributed by atoms with Crippen LogP contribution in [0.2, 0.25) is 0 Å². The molecule has 0 atom stereocenters. The predicted octanol–water partition coefficient (Wildman–Crippen LogP) is 4.68. The SMILES string of the molecule is Cc1ccc(-c2cc(-c3cccs3)nc3sc(C(N)=O)c(N)c23)cc1. The van der Waals surface area contributed by atoms with Gasteiger partial charge in [-0.3, -0.25) is 4.79 Å². The molecule has 0 fully saturated rings. The molecule has 4 aromatic rings. The number of anilines is 1. The molecule has 3 heterocycles. The van der Waals surface area contributed by atoms with Crippen molar-refractivity contribution in [1.82, 2.24) is 4.98 Å². The molecule has 1 amide bonds. The molecule has 0 aliphatic rings. The largest absolute Gasteiger partial charge is 0.397 e. The molecule has 6 heteroatoms. The van der Waals surface area contributed by atoms with Crippen LogP contribution in [0.1, 0.15) is 15.2 Å². The zero-order valence-electron chi connectivity index (χ0n) is 13.4. The summed E-state index contributed by atoms with van der Waals surface area (Å²) in [5.41, 5.74) is 16.2. The maximum Gasteiger partial charge on any atom is 0.260 e. The summed E-state index contributed by atoms with van der Waals surface area (Å²) in [5, 5.41) is 2.81. The second-order valence-corrected chi connectivity index (χ2v) is 7.73. The Labute approximate surface area is 152 Å². The van der Waals surface area contributed by atoms with E-state index in [0.717, 1.165) is 31.9 Å². The maximum absolute atomic E-state index is 11.7. The van der Waals surface area contributed by atoms with Gasteiger partial charge in [-0.05, 0) is 35.6 Å². The topological polar surface area (TPSA) is 82.0 Å². The minimum absolute atomic E-state index is 0.360. The first-order valence-corrected chi connectivity index (χ1v) is 9.38. The van der Waals surface area contributed by atoms with Gasteiger partial charge in [0.2, 0.25) is 0 Å². The van der Waals surface area contributed by atoms with Gasteiger partial charge < -0.3 is 11.5 Å². The van der Waals surface area contributed by atoms with Crippen LogP contribution in [-0.2, 0) is 0 Å². The Balaban J connectivity index is 2.06. The Morgan fingerprint density at radius 2 is 1.92 bits per heavy atom. The van der Waals surface area contributed by atoms with Gasteiger partial charge in [-0.2, -0.15) is 0 Å². The summed E-state index contributed by atoms with van der Waals surface area (Å²) >= 11 is 2.88. The first-order valence-electron chi connectivity index (χ1n) is 7.68. The van der Waals surface area contributed by atoms with Crippen LogP contribution in [0.4, 0.5) is 5.69 Å². The molecule has 0 saturated heterocycles. The van der Waals surface area contributed by atoms with Crippen molar-refractivity contribution in [3.63, 3.8) is 0 Å². The van der Waals surface area contributed by atoms with Crippen molar-refractivity contribution in [3.8, 4) is 21.7 Å². The molecule has 124 valence electrons. The number of hydrogen-bond donors (Lipinski definition) is 2. The lowest BCUT2D eigenvalue weighted by molar-refractivity contribution is 0.100. The number of primary amides is 1. The molecule has 4 N–H and O–H groups in total. The normalized spacial score (nSPS) is 11.1. The number of fused-ring (bicyclic) bond motifs is 1. The highest BCUT2D eigenvalue weighted by Crippen LogP contribution is 2.41. The first-order chi connectivity index (χ1) is 12.0. The molecule has 1 aromatic carbocycles. The van der Waals surface area contributed by atoms with Crippen LogP contribution >= 0.6 is 22.7 Å². The summed E-state index contributed by atoms with van der Waals surface area (Å²) in [4.78, 5) is 18.6. The first kappa shape index (κ1) is 15.8. The van der Waals surface area contributed by atoms with Crippen LogP contribution < -0.4 is 11.5 Å². The predicted molar refractivity (Wildman–Crippen MR) is 106 cm³/mol. The second-order valence-electron chi connectivity index (χ2n) is 5.79. The van der Waals surface area contributed by atoms with Crippen LogP contribution in [0.5, 0.6) is 0 Å². The molecular weight excluding hydrogens is 350 g/mol. The number of aromatic nitrogens is 1. The van der Waals surface area contributed by atoms with Crippen molar-refractivity contribution < 1.29 is 4.79 Å². The van der Waals surface area contributed by atoms with Crippen LogP contribution in [0.15, 0.2) is 47.8 Å². The molecule has 0 saturated carbocycles. The average molecular weight is 365 g/mol. The Morgan fingerprint density at radius 3 is 2.56 bits per heavy atom. The maximum atomic E-state index is 11.7. The lowest BCUT2D eigenvalue weighted by atomic mass is 10.00. The van der Waals surface area contributed by atoms with E-state index in [1.54, 1.807) is 11.3 Å². The van der Waals surface area contributed by atoms with E-state index in [1.165, 1.54) is 16.9 Å². The van der Waals surface area contributed by atoms with Gasteiger partial charge in [0.05, 0.1) is 16.3 Å². The van der Waals surface area contributed by atoms with Crippen molar-refractivity contribution in [2.45, 2.75) is 6.92 Å². The minimum atomic E-state index is -0.520. The third-order valence-electron chi connectivity index (χ3n) is 4.06. The quantitative estimate of drug-likeness (QED) is 0.553. The Kier molecular flexibility index (Phi) is 3.78. The van der Waals surface area contributed by atoms with Gasteiger partial charge in [-0.25, -0.2) is 4.98 Å². The molecule has 0 spiro atoms. The van der Waals surface area contributed by atoms with Crippen molar-refractivity contribution in [2.75, 3.05) is 5.73 Å². The number of carbonyl (C=O) groups excluding carboxylic acids is 1. The fourth-order valence-electron chi connectivity index (χ4n) is 2.82. The van der Waals surface area contributed by atoms with E-state index < -0.39 is 5.91 Å². The number of carbonyl (C=O) groups is 1. The van der Waals surface area contributed by atoms with Crippen molar-refractivity contribution in [2.24, 2.45) is 5.73 Å². The fourth-order valence-corrected chi connectivity index (χ4v) is 4.47. The monoisotopic (exact) mass is 365 g/mol. The Morgan fingerprint density at radius 1 is 1.16 bits per heavy atom. The highest BCUT2D eigenvalue weighted by Gasteiger charge is 2.20. The van der Waals surface area contributed by atoms with Crippen molar-refractivity contribution >= 4 is 44.5 Å². The number of rotatable bonds is 3. The second kappa shape index (κ2) is 5.98. The molecule has 0 aliphatic heterocycles. The summed E-state index contributed by atoms with van der Waals surface area (Å²) in [5.74, 6) is -0.520. The summed E-state index contributed by atoms with van der Waals surface area (Å²) in [6.45, 7) is 2.05. The lowest BCUT2D eigenvalue weighted by Gasteiger charge is -2.08. The van der Waals surface area contributed by atoms with E-state index in [-0.39, 0.29) is 0 Å². The summed E-state index contributed by atoms with van der Waals surface area (Å²) < 4.78 is 0. The van der Waals surface area contributed by atoms with E-state index in [0.29, 0.717) is 10.6 Å². The number of nitrogens with zero attached hydrogens (tertiary/aromatic N) is 1. The number of aryl methyl sites for hydroxylation is 1. The highest BCUT2D eigenvalue weighted by atomic mass is 32.1. The Bertz CT molecular complexity index is 1080. The van der Waals surface area contributed by atoms with Crippen molar-refractivity contribution in [1.29, 1.82) is 0 Å². The highest BCUT2D eigenvalue weighted by molar-refractivity contribution is 7.21. The molecular formula is C19H15N3OS2. The average Bonchev–Trinajstić information content (AvgIpc) is 3.23. The summed E-state index contributed by atoms with van der Waals surface area (Å²) in [6.07, 6.45) is 0. The summed E-state index contributed by atoms with van der Waals surface area (Å²) in [6, 6.07) is 14.3. The van der Waals surface area contributed by atoms with Gasteiger partial charge in [0.1, 0.15) is 9.71 Å². The third-order valence-corrected chi connectivity index (χ3v) is 6.07. The number of amides is 1. The molecule has 0 unspecified atom stereocenters. The van der Waals surface area contributed by atoms with Gasteiger partial charge in [-0.1, -0.05) is 35.9 Å². The zero-order valence-corrected chi connectivity index (χ0v) is 15.1. The lowest BCUT2D eigenvalue weighted by Crippen LogP contribution is -2.10. The minimum Gasteiger partial charge on any atom is -0.397 e. The third kappa shape index (κ3) is 2.69. The number of nitrogen functional groups attached to an aromatic ring is 1. The number of thiophene rings is 2. The smallest absolute Gasteiger partial charge is 0.260 e. The van der Waals surface area contributed by atoms with Crippen LogP contribution in [0.25, 0.3) is 31.9 Å². The van der Waals surface area contributed by atoms with E-state index in [9.17, 15) is 4.79 Å². The number of benzene rings is 1. The fraction of sp³-hybridized carbons (Fsp3) is 0.0526. The van der Waals surface area contributed by atoms with Gasteiger partial charge >= 0.3 is 0 Å².